The number of nitrogens with zero attached hydrogens (tertiary/aromatic N) is 1. The highest BCUT2D eigenvalue weighted by molar-refractivity contribution is 5.82. The highest BCUT2D eigenvalue weighted by Crippen LogP contribution is 2.37. The highest BCUT2D eigenvalue weighted by atomic mass is 19.4. The second kappa shape index (κ2) is 5.49. The quantitative estimate of drug-likeness (QED) is 0.697. The van der Waals surface area contributed by atoms with E-state index in [4.69, 9.17) is 4.74 Å². The summed E-state index contributed by atoms with van der Waals surface area (Å²) in [6.45, 7) is 4.18. The number of ether oxygens (including phenoxy) is 2. The lowest BCUT2D eigenvalue weighted by molar-refractivity contribution is -0.170. The average Bonchev–Trinajstić information content (AvgIpc) is 2.69. The van der Waals surface area contributed by atoms with Gasteiger partial charge in [0.1, 0.15) is 11.6 Å². The lowest BCUT2D eigenvalue weighted by Gasteiger charge is -2.27. The van der Waals surface area contributed by atoms with Crippen LogP contribution in [0.3, 0.4) is 0 Å². The Bertz CT molecular complexity index is 389. The van der Waals surface area contributed by atoms with Crippen LogP contribution in [0.2, 0.25) is 0 Å². The molecule has 0 bridgehead atoms. The van der Waals surface area contributed by atoms with Crippen molar-refractivity contribution in [2.45, 2.75) is 45.0 Å². The van der Waals surface area contributed by atoms with Crippen LogP contribution < -0.4 is 0 Å². The summed E-state index contributed by atoms with van der Waals surface area (Å²) in [7, 11) is 1.07. The van der Waals surface area contributed by atoms with Gasteiger partial charge in [-0.1, -0.05) is 0 Å². The second-order valence-corrected chi connectivity index (χ2v) is 5.65. The fourth-order valence-corrected chi connectivity index (χ4v) is 1.95. The molecule has 0 saturated carbocycles. The number of hydrogen-bond donors (Lipinski definition) is 0. The zero-order valence-electron chi connectivity index (χ0n) is 11.8. The number of rotatable bonds is 1. The Hall–Kier alpha value is -1.47. The van der Waals surface area contributed by atoms with Gasteiger partial charge in [0.05, 0.1) is 13.0 Å². The Labute approximate surface area is 115 Å². The fourth-order valence-electron chi connectivity index (χ4n) is 1.95. The summed E-state index contributed by atoms with van der Waals surface area (Å²) in [4.78, 5) is 24.2. The van der Waals surface area contributed by atoms with E-state index in [1.165, 1.54) is 0 Å². The number of methoxy groups -OCH3 is 1. The molecule has 0 aliphatic carbocycles. The van der Waals surface area contributed by atoms with Crippen molar-refractivity contribution < 1.29 is 32.2 Å². The Morgan fingerprint density at radius 3 is 2.15 bits per heavy atom. The summed E-state index contributed by atoms with van der Waals surface area (Å²) in [6.07, 6.45) is -5.92. The smallest absolute Gasteiger partial charge is 0.411 e. The first-order valence-electron chi connectivity index (χ1n) is 6.10. The fraction of sp³-hybridized carbons (Fsp3) is 0.833. The Balaban J connectivity index is 2.90. The third-order valence-electron chi connectivity index (χ3n) is 2.87. The van der Waals surface area contributed by atoms with Gasteiger partial charge in [-0.3, -0.25) is 4.90 Å². The normalized spacial score (nSPS) is 23.6. The maximum absolute atomic E-state index is 12.7. The number of carbonyl (C=O) groups is 2. The van der Waals surface area contributed by atoms with E-state index in [2.05, 4.69) is 4.74 Å². The first-order chi connectivity index (χ1) is 8.95. The molecule has 2 atom stereocenters. The number of alkyl halides is 3. The van der Waals surface area contributed by atoms with Crippen molar-refractivity contribution in [3.05, 3.63) is 0 Å². The molecule has 0 aromatic rings. The minimum Gasteiger partial charge on any atom is -0.467 e. The topological polar surface area (TPSA) is 55.8 Å². The maximum atomic E-state index is 12.7. The molecule has 5 nitrogen and oxygen atoms in total. The number of esters is 1. The van der Waals surface area contributed by atoms with Crippen LogP contribution in [0.15, 0.2) is 0 Å². The van der Waals surface area contributed by atoms with Gasteiger partial charge in [0.15, 0.2) is 0 Å². The van der Waals surface area contributed by atoms with Crippen LogP contribution in [0.25, 0.3) is 0 Å². The van der Waals surface area contributed by atoms with Gasteiger partial charge in [-0.2, -0.15) is 13.2 Å². The third kappa shape index (κ3) is 4.01. The summed E-state index contributed by atoms with van der Waals surface area (Å²) < 4.78 is 47.7. The van der Waals surface area contributed by atoms with Gasteiger partial charge in [0.25, 0.3) is 0 Å². The Morgan fingerprint density at radius 2 is 1.75 bits per heavy atom. The SMILES string of the molecule is COC(=O)[C@H]1C[C@@H](C(F)(F)F)CN1C(=O)OC(C)(C)C. The molecule has 0 aromatic heterocycles. The first kappa shape index (κ1) is 16.6. The molecular formula is C12H18F3NO4. The van der Waals surface area contributed by atoms with Gasteiger partial charge in [0.2, 0.25) is 0 Å². The number of carbonyl (C=O) groups excluding carboxylic acids is 2. The van der Waals surface area contributed by atoms with E-state index < -0.39 is 48.8 Å². The van der Waals surface area contributed by atoms with Crippen LogP contribution in [-0.4, -0.2) is 48.4 Å². The molecule has 1 aliphatic rings. The van der Waals surface area contributed by atoms with Gasteiger partial charge in [0, 0.05) is 6.54 Å². The van der Waals surface area contributed by atoms with E-state index in [1.807, 2.05) is 0 Å². The van der Waals surface area contributed by atoms with Gasteiger partial charge >= 0.3 is 18.2 Å². The van der Waals surface area contributed by atoms with E-state index in [0.717, 1.165) is 12.0 Å². The molecule has 0 aromatic carbocycles. The molecule has 0 spiro atoms. The molecule has 1 aliphatic heterocycles. The van der Waals surface area contributed by atoms with E-state index in [0.29, 0.717) is 0 Å². The van der Waals surface area contributed by atoms with E-state index in [1.54, 1.807) is 20.8 Å². The summed E-state index contributed by atoms with van der Waals surface area (Å²) in [6, 6.07) is -1.26. The van der Waals surface area contributed by atoms with Crippen molar-refractivity contribution in [2.75, 3.05) is 13.7 Å². The van der Waals surface area contributed by atoms with E-state index >= 15 is 0 Å². The molecule has 1 saturated heterocycles. The molecule has 0 unspecified atom stereocenters. The number of likely N-dealkylation sites (tertiary alicyclic amines) is 1. The molecular weight excluding hydrogens is 279 g/mol. The van der Waals surface area contributed by atoms with Crippen molar-refractivity contribution in [2.24, 2.45) is 5.92 Å². The van der Waals surface area contributed by atoms with Crippen molar-refractivity contribution >= 4 is 12.1 Å². The van der Waals surface area contributed by atoms with Crippen molar-refractivity contribution in [1.82, 2.24) is 4.90 Å². The van der Waals surface area contributed by atoms with E-state index in [9.17, 15) is 22.8 Å². The Kier molecular flexibility index (Phi) is 4.55. The van der Waals surface area contributed by atoms with Crippen LogP contribution in [0.4, 0.5) is 18.0 Å². The summed E-state index contributed by atoms with van der Waals surface area (Å²) >= 11 is 0. The summed E-state index contributed by atoms with van der Waals surface area (Å²) in [5, 5.41) is 0. The summed E-state index contributed by atoms with van der Waals surface area (Å²) in [5.74, 6) is -2.62. The molecule has 0 N–H and O–H groups in total. The van der Waals surface area contributed by atoms with Gasteiger partial charge in [-0.25, -0.2) is 9.59 Å². The molecule has 1 rings (SSSR count). The van der Waals surface area contributed by atoms with Gasteiger partial charge in [-0.05, 0) is 27.2 Å². The standard InChI is InChI=1S/C12H18F3NO4/c1-11(2,3)20-10(18)16-6-7(12(13,14)15)5-8(16)9(17)19-4/h7-8H,5-6H2,1-4H3/t7-,8-/m1/s1. The molecule has 0 radical (unpaired) electrons. The monoisotopic (exact) mass is 297 g/mol. The van der Waals surface area contributed by atoms with Crippen LogP contribution in [0, 0.1) is 5.92 Å². The molecule has 116 valence electrons. The van der Waals surface area contributed by atoms with Gasteiger partial charge in [-0.15, -0.1) is 0 Å². The lowest BCUT2D eigenvalue weighted by atomic mass is 10.1. The number of amides is 1. The Morgan fingerprint density at radius 1 is 1.20 bits per heavy atom. The predicted octanol–water partition coefficient (Wildman–Crippen LogP) is 2.35. The highest BCUT2D eigenvalue weighted by Gasteiger charge is 2.52. The van der Waals surface area contributed by atoms with Crippen molar-refractivity contribution in [1.29, 1.82) is 0 Å². The molecule has 20 heavy (non-hydrogen) atoms. The molecule has 8 heteroatoms. The van der Waals surface area contributed by atoms with Crippen LogP contribution in [-0.2, 0) is 14.3 Å². The van der Waals surface area contributed by atoms with Gasteiger partial charge < -0.3 is 9.47 Å². The zero-order valence-corrected chi connectivity index (χ0v) is 11.8. The number of hydrogen-bond acceptors (Lipinski definition) is 4. The largest absolute Gasteiger partial charge is 0.467 e. The van der Waals surface area contributed by atoms with Crippen LogP contribution >= 0.6 is 0 Å². The average molecular weight is 297 g/mol. The van der Waals surface area contributed by atoms with Crippen LogP contribution in [0.1, 0.15) is 27.2 Å². The maximum Gasteiger partial charge on any atom is 0.411 e. The molecule has 1 amide bonds. The van der Waals surface area contributed by atoms with Crippen LogP contribution in [0.5, 0.6) is 0 Å². The molecule has 1 fully saturated rings. The lowest BCUT2D eigenvalue weighted by Crippen LogP contribution is -2.44. The minimum atomic E-state index is -4.47. The van der Waals surface area contributed by atoms with Crippen molar-refractivity contribution in [3.8, 4) is 0 Å². The van der Waals surface area contributed by atoms with E-state index in [-0.39, 0.29) is 0 Å². The van der Waals surface area contributed by atoms with Crippen molar-refractivity contribution in [3.63, 3.8) is 0 Å². The first-order valence-corrected chi connectivity index (χ1v) is 6.10. The molecule has 1 heterocycles. The zero-order chi connectivity index (χ0) is 15.7. The predicted molar refractivity (Wildman–Crippen MR) is 62.9 cm³/mol. The second-order valence-electron chi connectivity index (χ2n) is 5.65. The minimum absolute atomic E-state index is 0.505. The third-order valence-corrected chi connectivity index (χ3v) is 2.87. The summed E-state index contributed by atoms with van der Waals surface area (Å²) in [5.41, 5.74) is -0.853. The number of halogens is 3.